The third-order valence-corrected chi connectivity index (χ3v) is 4.90. The average Bonchev–Trinajstić information content (AvgIpc) is 2.47. The van der Waals surface area contributed by atoms with E-state index < -0.39 is 10.0 Å². The van der Waals surface area contributed by atoms with Crippen molar-refractivity contribution in [3.63, 3.8) is 0 Å². The van der Waals surface area contributed by atoms with Gasteiger partial charge in [0.2, 0.25) is 10.0 Å². The zero-order chi connectivity index (χ0) is 15.5. The number of benzene rings is 2. The van der Waals surface area contributed by atoms with Gasteiger partial charge in [-0.3, -0.25) is 0 Å². The van der Waals surface area contributed by atoms with Crippen LogP contribution in [0.2, 0.25) is 5.02 Å². The van der Waals surface area contributed by atoms with Gasteiger partial charge in [0.25, 0.3) is 0 Å². The van der Waals surface area contributed by atoms with Crippen molar-refractivity contribution in [3.05, 3.63) is 59.1 Å². The van der Waals surface area contributed by atoms with Crippen molar-refractivity contribution < 1.29 is 13.2 Å². The first-order chi connectivity index (χ1) is 9.94. The molecule has 2 rings (SSSR count). The van der Waals surface area contributed by atoms with Crippen molar-refractivity contribution in [2.24, 2.45) is 0 Å². The van der Waals surface area contributed by atoms with E-state index in [1.807, 2.05) is 30.3 Å². The molecular weight excluding hydrogens is 310 g/mol. The van der Waals surface area contributed by atoms with E-state index >= 15 is 0 Å². The van der Waals surface area contributed by atoms with E-state index in [0.717, 1.165) is 5.56 Å². The fourth-order valence-electron chi connectivity index (χ4n) is 1.92. The van der Waals surface area contributed by atoms with Crippen molar-refractivity contribution in [2.45, 2.75) is 17.9 Å². The summed E-state index contributed by atoms with van der Waals surface area (Å²) in [5.74, 6) is 0.437. The summed E-state index contributed by atoms with van der Waals surface area (Å²) in [7, 11) is -2.17. The second kappa shape index (κ2) is 6.47. The Hall–Kier alpha value is -1.56. The minimum absolute atomic E-state index is 0.107. The Labute approximate surface area is 129 Å². The molecule has 0 spiro atoms. The van der Waals surface area contributed by atoms with Crippen LogP contribution in [0.25, 0.3) is 0 Å². The lowest BCUT2D eigenvalue weighted by Crippen LogP contribution is -2.26. The maximum Gasteiger partial charge on any atom is 0.241 e. The highest BCUT2D eigenvalue weighted by Gasteiger charge is 2.19. The summed E-state index contributed by atoms with van der Waals surface area (Å²) in [4.78, 5) is 0.107. The SMILES string of the molecule is COc1ccc(S(=O)(=O)N[C@H](C)c2ccccc2)cc1Cl. The number of methoxy groups -OCH3 is 1. The molecule has 0 unspecified atom stereocenters. The molecular formula is C15H16ClNO3S. The topological polar surface area (TPSA) is 55.4 Å². The monoisotopic (exact) mass is 325 g/mol. The van der Waals surface area contributed by atoms with Crippen LogP contribution in [0.1, 0.15) is 18.5 Å². The highest BCUT2D eigenvalue weighted by Crippen LogP contribution is 2.27. The fourth-order valence-corrected chi connectivity index (χ4v) is 3.50. The van der Waals surface area contributed by atoms with E-state index in [-0.39, 0.29) is 16.0 Å². The average molecular weight is 326 g/mol. The van der Waals surface area contributed by atoms with Crippen molar-refractivity contribution >= 4 is 21.6 Å². The Morgan fingerprint density at radius 3 is 2.38 bits per heavy atom. The van der Waals surface area contributed by atoms with Gasteiger partial charge in [0.15, 0.2) is 0 Å². The van der Waals surface area contributed by atoms with Gasteiger partial charge >= 0.3 is 0 Å². The van der Waals surface area contributed by atoms with Gasteiger partial charge < -0.3 is 4.74 Å². The molecule has 4 nitrogen and oxygen atoms in total. The molecule has 6 heteroatoms. The maximum absolute atomic E-state index is 12.4. The molecule has 0 heterocycles. The minimum Gasteiger partial charge on any atom is -0.495 e. The predicted molar refractivity (Wildman–Crippen MR) is 83.2 cm³/mol. The summed E-state index contributed by atoms with van der Waals surface area (Å²) in [6.45, 7) is 1.79. The van der Waals surface area contributed by atoms with E-state index in [0.29, 0.717) is 5.75 Å². The second-order valence-electron chi connectivity index (χ2n) is 4.55. The maximum atomic E-state index is 12.4. The lowest BCUT2D eigenvalue weighted by Gasteiger charge is -2.15. The van der Waals surface area contributed by atoms with Gasteiger partial charge in [-0.15, -0.1) is 0 Å². The molecule has 1 N–H and O–H groups in total. The molecule has 0 aliphatic heterocycles. The molecule has 0 aromatic heterocycles. The van der Waals surface area contributed by atoms with E-state index in [9.17, 15) is 8.42 Å². The molecule has 1 atom stereocenters. The van der Waals surface area contributed by atoms with Gasteiger partial charge in [-0.2, -0.15) is 0 Å². The first-order valence-electron chi connectivity index (χ1n) is 6.35. The summed E-state index contributed by atoms with van der Waals surface area (Å²) in [6, 6.07) is 13.4. The number of ether oxygens (including phenoxy) is 1. The van der Waals surface area contributed by atoms with Crippen molar-refractivity contribution in [1.29, 1.82) is 0 Å². The highest BCUT2D eigenvalue weighted by atomic mass is 35.5. The summed E-state index contributed by atoms with van der Waals surface area (Å²) in [5.41, 5.74) is 0.890. The largest absolute Gasteiger partial charge is 0.495 e. The van der Waals surface area contributed by atoms with Gasteiger partial charge in [0.1, 0.15) is 5.75 Å². The Morgan fingerprint density at radius 1 is 1.14 bits per heavy atom. The van der Waals surface area contributed by atoms with Gasteiger partial charge in [-0.05, 0) is 30.7 Å². The van der Waals surface area contributed by atoms with Gasteiger partial charge in [0.05, 0.1) is 17.0 Å². The van der Waals surface area contributed by atoms with Crippen LogP contribution in [-0.4, -0.2) is 15.5 Å². The number of sulfonamides is 1. The molecule has 2 aromatic rings. The van der Waals surface area contributed by atoms with Crippen molar-refractivity contribution in [2.75, 3.05) is 7.11 Å². The summed E-state index contributed by atoms with van der Waals surface area (Å²) >= 11 is 5.97. The molecule has 0 bridgehead atoms. The second-order valence-corrected chi connectivity index (χ2v) is 6.67. The number of nitrogens with one attached hydrogen (secondary N) is 1. The first-order valence-corrected chi connectivity index (χ1v) is 8.21. The van der Waals surface area contributed by atoms with E-state index in [1.165, 1.54) is 25.3 Å². The van der Waals surface area contributed by atoms with Crippen LogP contribution in [0.4, 0.5) is 0 Å². The number of halogens is 1. The zero-order valence-corrected chi connectivity index (χ0v) is 13.3. The molecule has 0 radical (unpaired) electrons. The van der Waals surface area contributed by atoms with E-state index in [2.05, 4.69) is 4.72 Å². The Morgan fingerprint density at radius 2 is 1.81 bits per heavy atom. The minimum atomic E-state index is -3.65. The smallest absolute Gasteiger partial charge is 0.241 e. The summed E-state index contributed by atoms with van der Waals surface area (Å²) in [5, 5.41) is 0.257. The first kappa shape index (κ1) is 15.8. The molecule has 2 aromatic carbocycles. The standard InChI is InChI=1S/C15H16ClNO3S/c1-11(12-6-4-3-5-7-12)17-21(18,19)13-8-9-15(20-2)14(16)10-13/h3-11,17H,1-2H3/t11-/m1/s1. The Balaban J connectivity index is 2.24. The summed E-state index contributed by atoms with van der Waals surface area (Å²) in [6.07, 6.45) is 0. The number of rotatable bonds is 5. The normalized spacial score (nSPS) is 12.9. The Kier molecular flexibility index (Phi) is 4.88. The molecule has 0 aliphatic rings. The van der Waals surface area contributed by atoms with Gasteiger partial charge in [-0.1, -0.05) is 41.9 Å². The van der Waals surface area contributed by atoms with Crippen LogP contribution in [0, 0.1) is 0 Å². The number of hydrogen-bond donors (Lipinski definition) is 1. The molecule has 0 saturated carbocycles. The van der Waals surface area contributed by atoms with Crippen LogP contribution in [0.3, 0.4) is 0 Å². The highest BCUT2D eigenvalue weighted by molar-refractivity contribution is 7.89. The molecule has 0 saturated heterocycles. The molecule has 0 amide bonds. The lowest BCUT2D eigenvalue weighted by atomic mass is 10.1. The molecule has 0 aliphatic carbocycles. The van der Waals surface area contributed by atoms with E-state index in [1.54, 1.807) is 6.92 Å². The fraction of sp³-hybridized carbons (Fsp3) is 0.200. The van der Waals surface area contributed by atoms with Crippen molar-refractivity contribution in [3.8, 4) is 5.75 Å². The third-order valence-electron chi connectivity index (χ3n) is 3.07. The van der Waals surface area contributed by atoms with Crippen LogP contribution in [0.5, 0.6) is 5.75 Å². The van der Waals surface area contributed by atoms with Crippen LogP contribution in [0.15, 0.2) is 53.4 Å². The Bertz CT molecular complexity index is 717. The van der Waals surface area contributed by atoms with Crippen LogP contribution < -0.4 is 9.46 Å². The van der Waals surface area contributed by atoms with Gasteiger partial charge in [-0.25, -0.2) is 13.1 Å². The van der Waals surface area contributed by atoms with E-state index in [4.69, 9.17) is 16.3 Å². The molecule has 112 valence electrons. The number of hydrogen-bond acceptors (Lipinski definition) is 3. The van der Waals surface area contributed by atoms with Gasteiger partial charge in [0, 0.05) is 6.04 Å². The zero-order valence-electron chi connectivity index (χ0n) is 11.7. The van der Waals surface area contributed by atoms with Crippen LogP contribution >= 0.6 is 11.6 Å². The lowest BCUT2D eigenvalue weighted by molar-refractivity contribution is 0.414. The third kappa shape index (κ3) is 3.75. The predicted octanol–water partition coefficient (Wildman–Crippen LogP) is 3.39. The van der Waals surface area contributed by atoms with Crippen molar-refractivity contribution in [1.82, 2.24) is 4.72 Å². The van der Waals surface area contributed by atoms with Crippen LogP contribution in [-0.2, 0) is 10.0 Å². The summed E-state index contributed by atoms with van der Waals surface area (Å²) < 4.78 is 32.4. The quantitative estimate of drug-likeness (QED) is 0.916. The molecule has 21 heavy (non-hydrogen) atoms. The molecule has 0 fully saturated rings.